The number of piperazine rings is 1. The number of carbonyl (C=O) groups is 2. The highest BCUT2D eigenvalue weighted by atomic mass is 19.1. The number of carbonyl (C=O) groups excluding carboxylic acids is 2. The molecule has 0 bridgehead atoms. The molecule has 6 rings (SSSR count). The Kier molecular flexibility index (Phi) is 7.34. The van der Waals surface area contributed by atoms with E-state index >= 15 is 0 Å². The highest BCUT2D eigenvalue weighted by Gasteiger charge is 2.44. The molecule has 2 fully saturated rings. The van der Waals surface area contributed by atoms with Crippen LogP contribution in [0.15, 0.2) is 58.1 Å². The number of halogens is 1. The molecule has 0 N–H and O–H groups in total. The van der Waals surface area contributed by atoms with Gasteiger partial charge in [-0.25, -0.2) is 14.1 Å². The number of imidazole rings is 1. The molecule has 4 aromatic rings. The molecule has 0 spiro atoms. The molecule has 0 radical (unpaired) electrons. The molecule has 4 heterocycles. The Balaban J connectivity index is 1.29. The number of benzene rings is 2. The number of anilines is 2. The average molecular weight is 590 g/mol. The van der Waals surface area contributed by atoms with Gasteiger partial charge in [-0.1, -0.05) is 30.3 Å². The summed E-state index contributed by atoms with van der Waals surface area (Å²) in [5.41, 5.74) is 0.195. The summed E-state index contributed by atoms with van der Waals surface area (Å²) in [6, 6.07) is 12.7. The standard InChI is InChI=1S/C30H32FN7O5/c1-4-43-23-12-8-7-11-21(23)38-24(39)17-22(27(38)40)35-13-15-36(16-14-35)29-32-26-25(28(41)34(3)30(42)33(26)2)37(29)18-19-9-5-6-10-20(19)31/h5-12,22H,4,13-18H2,1-3H3. The molecule has 2 aromatic carbocycles. The van der Waals surface area contributed by atoms with Gasteiger partial charge in [0.05, 0.1) is 31.3 Å². The SMILES string of the molecule is CCOc1ccccc1N1C(=O)CC(N2CCN(c3nc4c(c(=O)n(C)c(=O)n4C)n3Cc3ccccc3F)CC2)C1=O. The second-order valence-corrected chi connectivity index (χ2v) is 10.7. The molecule has 43 heavy (non-hydrogen) atoms. The highest BCUT2D eigenvalue weighted by molar-refractivity contribution is 6.23. The smallest absolute Gasteiger partial charge is 0.332 e. The van der Waals surface area contributed by atoms with E-state index in [4.69, 9.17) is 9.72 Å². The van der Waals surface area contributed by atoms with Crippen molar-refractivity contribution in [1.29, 1.82) is 0 Å². The normalized spacial score (nSPS) is 17.8. The summed E-state index contributed by atoms with van der Waals surface area (Å²) in [5, 5.41) is 0. The Bertz CT molecular complexity index is 1850. The van der Waals surface area contributed by atoms with Gasteiger partial charge in [0.1, 0.15) is 11.6 Å². The number of aryl methyl sites for hydroxylation is 1. The summed E-state index contributed by atoms with van der Waals surface area (Å²) < 4.78 is 24.4. The van der Waals surface area contributed by atoms with Gasteiger partial charge in [0, 0.05) is 45.8 Å². The Labute approximate surface area is 246 Å². The number of nitrogens with zero attached hydrogens (tertiary/aromatic N) is 7. The van der Waals surface area contributed by atoms with Crippen molar-refractivity contribution in [3.8, 4) is 5.75 Å². The molecule has 12 nitrogen and oxygen atoms in total. The number of amides is 2. The van der Waals surface area contributed by atoms with Crippen LogP contribution in [0.25, 0.3) is 11.2 Å². The molecule has 0 saturated carbocycles. The van der Waals surface area contributed by atoms with Crippen LogP contribution in [-0.2, 0) is 30.2 Å². The van der Waals surface area contributed by atoms with Crippen molar-refractivity contribution in [3.05, 3.63) is 80.7 Å². The molecule has 1 unspecified atom stereocenters. The molecule has 13 heteroatoms. The Morgan fingerprint density at radius 3 is 2.35 bits per heavy atom. The molecular formula is C30H32FN7O5. The first-order valence-corrected chi connectivity index (χ1v) is 14.2. The summed E-state index contributed by atoms with van der Waals surface area (Å²) in [6.07, 6.45) is 0.0588. The maximum atomic E-state index is 14.7. The molecule has 2 amide bonds. The predicted octanol–water partition coefficient (Wildman–Crippen LogP) is 1.47. The van der Waals surface area contributed by atoms with Gasteiger partial charge in [-0.05, 0) is 25.1 Å². The number of para-hydroxylation sites is 2. The van der Waals surface area contributed by atoms with Crippen LogP contribution < -0.4 is 25.8 Å². The molecule has 2 aliphatic rings. The molecular weight excluding hydrogens is 557 g/mol. The van der Waals surface area contributed by atoms with E-state index < -0.39 is 23.1 Å². The maximum Gasteiger partial charge on any atom is 0.332 e. The first kappa shape index (κ1) is 28.3. The number of hydrogen-bond donors (Lipinski definition) is 0. The lowest BCUT2D eigenvalue weighted by molar-refractivity contribution is -0.123. The number of hydrogen-bond acceptors (Lipinski definition) is 8. The van der Waals surface area contributed by atoms with Gasteiger partial charge >= 0.3 is 5.69 Å². The van der Waals surface area contributed by atoms with Crippen molar-refractivity contribution in [3.63, 3.8) is 0 Å². The van der Waals surface area contributed by atoms with E-state index in [2.05, 4.69) is 0 Å². The minimum absolute atomic E-state index is 0.0377. The lowest BCUT2D eigenvalue weighted by Gasteiger charge is -2.37. The van der Waals surface area contributed by atoms with Crippen molar-refractivity contribution in [1.82, 2.24) is 23.6 Å². The quantitative estimate of drug-likeness (QED) is 0.298. The molecule has 2 aromatic heterocycles. The monoisotopic (exact) mass is 589 g/mol. The van der Waals surface area contributed by atoms with Crippen LogP contribution in [0.5, 0.6) is 5.75 Å². The third kappa shape index (κ3) is 4.79. The Morgan fingerprint density at radius 1 is 0.930 bits per heavy atom. The van der Waals surface area contributed by atoms with Crippen LogP contribution >= 0.6 is 0 Å². The van der Waals surface area contributed by atoms with Crippen LogP contribution in [-0.4, -0.2) is 74.2 Å². The summed E-state index contributed by atoms with van der Waals surface area (Å²) in [7, 11) is 2.95. The van der Waals surface area contributed by atoms with E-state index in [0.29, 0.717) is 55.7 Å². The van der Waals surface area contributed by atoms with Crippen molar-refractivity contribution in [2.45, 2.75) is 25.9 Å². The first-order valence-electron chi connectivity index (χ1n) is 14.2. The summed E-state index contributed by atoms with van der Waals surface area (Å²) >= 11 is 0. The van der Waals surface area contributed by atoms with Crippen molar-refractivity contribution >= 4 is 34.6 Å². The second-order valence-electron chi connectivity index (χ2n) is 10.7. The van der Waals surface area contributed by atoms with Gasteiger partial charge in [-0.15, -0.1) is 0 Å². The zero-order valence-corrected chi connectivity index (χ0v) is 24.2. The molecule has 224 valence electrons. The third-order valence-electron chi connectivity index (χ3n) is 8.18. The fourth-order valence-electron chi connectivity index (χ4n) is 5.93. The molecule has 2 saturated heterocycles. The largest absolute Gasteiger partial charge is 0.492 e. The van der Waals surface area contributed by atoms with Crippen LogP contribution in [0.1, 0.15) is 18.9 Å². The van der Waals surface area contributed by atoms with Crippen LogP contribution in [0, 0.1) is 5.82 Å². The Hall–Kier alpha value is -4.78. The first-order chi connectivity index (χ1) is 20.7. The summed E-state index contributed by atoms with van der Waals surface area (Å²) in [5.74, 6) is -0.0886. The third-order valence-corrected chi connectivity index (χ3v) is 8.18. The highest BCUT2D eigenvalue weighted by Crippen LogP contribution is 2.34. The van der Waals surface area contributed by atoms with Crippen LogP contribution in [0.2, 0.25) is 0 Å². The van der Waals surface area contributed by atoms with E-state index in [0.717, 1.165) is 4.57 Å². The van der Waals surface area contributed by atoms with Gasteiger partial charge in [-0.2, -0.15) is 4.98 Å². The van der Waals surface area contributed by atoms with Crippen LogP contribution in [0.4, 0.5) is 16.0 Å². The van der Waals surface area contributed by atoms with E-state index in [1.54, 1.807) is 54.1 Å². The molecule has 1 atom stereocenters. The second kappa shape index (κ2) is 11.1. The van der Waals surface area contributed by atoms with Gasteiger partial charge < -0.3 is 9.64 Å². The van der Waals surface area contributed by atoms with Crippen molar-refractivity contribution in [2.24, 2.45) is 14.1 Å². The Morgan fingerprint density at radius 2 is 1.63 bits per heavy atom. The maximum absolute atomic E-state index is 14.7. The zero-order valence-electron chi connectivity index (χ0n) is 24.2. The number of imide groups is 1. The van der Waals surface area contributed by atoms with Gasteiger partial charge in [0.15, 0.2) is 11.2 Å². The minimum Gasteiger partial charge on any atom is -0.492 e. The number of aromatic nitrogens is 4. The van der Waals surface area contributed by atoms with Crippen molar-refractivity contribution < 1.29 is 18.7 Å². The van der Waals surface area contributed by atoms with E-state index in [1.807, 2.05) is 16.7 Å². The summed E-state index contributed by atoms with van der Waals surface area (Å²) in [6.45, 7) is 4.05. The number of rotatable bonds is 7. The van der Waals surface area contributed by atoms with Gasteiger partial charge in [-0.3, -0.25) is 33.0 Å². The number of ether oxygens (including phenoxy) is 1. The topological polar surface area (TPSA) is 115 Å². The molecule has 2 aliphatic heterocycles. The fourth-order valence-corrected chi connectivity index (χ4v) is 5.93. The number of fused-ring (bicyclic) bond motifs is 1. The predicted molar refractivity (Wildman–Crippen MR) is 158 cm³/mol. The van der Waals surface area contributed by atoms with Crippen molar-refractivity contribution in [2.75, 3.05) is 42.6 Å². The van der Waals surface area contributed by atoms with E-state index in [1.165, 1.54) is 22.6 Å². The molecule has 0 aliphatic carbocycles. The van der Waals surface area contributed by atoms with E-state index in [-0.39, 0.29) is 35.9 Å². The summed E-state index contributed by atoms with van der Waals surface area (Å²) in [4.78, 5) is 62.4. The van der Waals surface area contributed by atoms with Crippen LogP contribution in [0.3, 0.4) is 0 Å². The zero-order chi connectivity index (χ0) is 30.4. The van der Waals surface area contributed by atoms with Gasteiger partial charge in [0.25, 0.3) is 11.5 Å². The average Bonchev–Trinajstić information content (AvgIpc) is 3.53. The lowest BCUT2D eigenvalue weighted by Crippen LogP contribution is -2.53. The van der Waals surface area contributed by atoms with Gasteiger partial charge in [0.2, 0.25) is 11.9 Å². The minimum atomic E-state index is -0.616. The van der Waals surface area contributed by atoms with E-state index in [9.17, 15) is 23.6 Å². The lowest BCUT2D eigenvalue weighted by atomic mass is 10.1. The fraction of sp³-hybridized carbons (Fsp3) is 0.367.